The molecule has 1 saturated carbocycles. The van der Waals surface area contributed by atoms with Gasteiger partial charge in [0.2, 0.25) is 5.91 Å². The monoisotopic (exact) mass is 355 g/mol. The fourth-order valence-electron chi connectivity index (χ4n) is 2.33. The van der Waals surface area contributed by atoms with E-state index < -0.39 is 12.0 Å². The van der Waals surface area contributed by atoms with Crippen LogP contribution >= 0.6 is 15.9 Å². The van der Waals surface area contributed by atoms with E-state index in [4.69, 9.17) is 9.84 Å². The maximum Gasteiger partial charge on any atom is 0.326 e. The highest BCUT2D eigenvalue weighted by atomic mass is 79.9. The second-order valence-corrected chi connectivity index (χ2v) is 6.10. The average Bonchev–Trinajstić information content (AvgIpc) is 3.24. The number of carboxylic acids is 1. The van der Waals surface area contributed by atoms with Crippen LogP contribution in [0.2, 0.25) is 0 Å². The first-order chi connectivity index (χ1) is 10.0. The van der Waals surface area contributed by atoms with Gasteiger partial charge in [0.1, 0.15) is 6.04 Å². The normalized spacial score (nSPS) is 21.6. The lowest BCUT2D eigenvalue weighted by atomic mass is 10.1. The number of halogens is 1. The zero-order chi connectivity index (χ0) is 15.4. The van der Waals surface area contributed by atoms with E-state index in [0.29, 0.717) is 6.61 Å². The van der Waals surface area contributed by atoms with Gasteiger partial charge in [0.15, 0.2) is 0 Å². The lowest BCUT2D eigenvalue weighted by molar-refractivity contribution is -0.142. The number of hydrogen-bond acceptors (Lipinski definition) is 3. The molecule has 3 unspecified atom stereocenters. The molecule has 1 aliphatic rings. The van der Waals surface area contributed by atoms with Crippen LogP contribution in [-0.4, -0.2) is 36.7 Å². The Kier molecular flexibility index (Phi) is 5.36. The fraction of sp³-hybridized carbons (Fsp3) is 0.467. The van der Waals surface area contributed by atoms with Gasteiger partial charge in [-0.1, -0.05) is 28.1 Å². The molecule has 3 atom stereocenters. The lowest BCUT2D eigenvalue weighted by Gasteiger charge is -2.14. The second kappa shape index (κ2) is 7.04. The summed E-state index contributed by atoms with van der Waals surface area (Å²) < 4.78 is 5.86. The van der Waals surface area contributed by atoms with Crippen molar-refractivity contribution in [3.05, 3.63) is 34.3 Å². The van der Waals surface area contributed by atoms with Crippen LogP contribution in [0.1, 0.15) is 24.3 Å². The number of rotatable bonds is 7. The Hall–Kier alpha value is -1.40. The molecular formula is C15H18BrNO4. The van der Waals surface area contributed by atoms with Crippen molar-refractivity contribution in [2.45, 2.75) is 24.8 Å². The number of ether oxygens (including phenoxy) is 1. The number of nitrogens with one attached hydrogen (secondary N) is 1. The first-order valence-corrected chi connectivity index (χ1v) is 7.59. The van der Waals surface area contributed by atoms with Crippen molar-refractivity contribution in [3.63, 3.8) is 0 Å². The van der Waals surface area contributed by atoms with Crippen LogP contribution in [0.15, 0.2) is 28.7 Å². The third kappa shape index (κ3) is 4.28. The van der Waals surface area contributed by atoms with E-state index in [-0.39, 0.29) is 24.2 Å². The summed E-state index contributed by atoms with van der Waals surface area (Å²) in [6.45, 7) is 0.304. The molecule has 0 heterocycles. The summed E-state index contributed by atoms with van der Waals surface area (Å²) in [5.74, 6) is -1.15. The number of carbonyl (C=O) groups is 2. The van der Waals surface area contributed by atoms with Gasteiger partial charge in [0.05, 0.1) is 0 Å². The Balaban J connectivity index is 1.90. The van der Waals surface area contributed by atoms with Crippen LogP contribution in [0.5, 0.6) is 0 Å². The Morgan fingerprint density at radius 3 is 2.67 bits per heavy atom. The first-order valence-electron chi connectivity index (χ1n) is 6.80. The highest BCUT2D eigenvalue weighted by Gasteiger charge is 2.44. The SMILES string of the molecule is COCCC(NC(=O)C1CC1c1ccc(Br)cc1)C(=O)O. The Morgan fingerprint density at radius 2 is 2.10 bits per heavy atom. The van der Waals surface area contributed by atoms with Crippen molar-refractivity contribution < 1.29 is 19.4 Å². The van der Waals surface area contributed by atoms with Crippen molar-refractivity contribution in [2.24, 2.45) is 5.92 Å². The largest absolute Gasteiger partial charge is 0.480 e. The maximum absolute atomic E-state index is 12.1. The van der Waals surface area contributed by atoms with E-state index in [1.165, 1.54) is 7.11 Å². The molecular weight excluding hydrogens is 338 g/mol. The standard InChI is InChI=1S/C15H18BrNO4/c1-21-7-6-13(15(19)20)17-14(18)12-8-11(12)9-2-4-10(16)5-3-9/h2-5,11-13H,6-8H2,1H3,(H,17,18)(H,19,20). The van der Waals surface area contributed by atoms with Crippen LogP contribution in [0.3, 0.4) is 0 Å². The Morgan fingerprint density at radius 1 is 1.43 bits per heavy atom. The molecule has 0 aliphatic heterocycles. The topological polar surface area (TPSA) is 75.6 Å². The van der Waals surface area contributed by atoms with Crippen molar-refractivity contribution >= 4 is 27.8 Å². The van der Waals surface area contributed by atoms with Gasteiger partial charge in [-0.15, -0.1) is 0 Å². The van der Waals surface area contributed by atoms with Gasteiger partial charge in [-0.3, -0.25) is 4.79 Å². The summed E-state index contributed by atoms with van der Waals surface area (Å²) in [5.41, 5.74) is 1.11. The predicted octanol–water partition coefficient (Wildman–Crippen LogP) is 2.16. The maximum atomic E-state index is 12.1. The van der Waals surface area contributed by atoms with Gasteiger partial charge in [0.25, 0.3) is 0 Å². The molecule has 114 valence electrons. The number of carbonyl (C=O) groups excluding carboxylic acids is 1. The van der Waals surface area contributed by atoms with Crippen molar-refractivity contribution in [1.82, 2.24) is 5.32 Å². The molecule has 0 saturated heterocycles. The van der Waals surface area contributed by atoms with Crippen LogP contribution in [-0.2, 0) is 14.3 Å². The van der Waals surface area contributed by atoms with Gasteiger partial charge < -0.3 is 15.2 Å². The fourth-order valence-corrected chi connectivity index (χ4v) is 2.60. The smallest absolute Gasteiger partial charge is 0.326 e. The highest BCUT2D eigenvalue weighted by molar-refractivity contribution is 9.10. The average molecular weight is 356 g/mol. The highest BCUT2D eigenvalue weighted by Crippen LogP contribution is 2.47. The number of amides is 1. The molecule has 0 radical (unpaired) electrons. The van der Waals surface area contributed by atoms with E-state index in [9.17, 15) is 9.59 Å². The molecule has 6 heteroatoms. The Bertz CT molecular complexity index is 517. The third-order valence-electron chi connectivity index (χ3n) is 3.65. The molecule has 1 amide bonds. The lowest BCUT2D eigenvalue weighted by Crippen LogP contribution is -2.42. The van der Waals surface area contributed by atoms with Crippen LogP contribution in [0.4, 0.5) is 0 Å². The predicted molar refractivity (Wildman–Crippen MR) is 81.0 cm³/mol. The number of methoxy groups -OCH3 is 1. The molecule has 0 aromatic heterocycles. The molecule has 2 N–H and O–H groups in total. The van der Waals surface area contributed by atoms with Gasteiger partial charge in [0, 0.05) is 30.5 Å². The summed E-state index contributed by atoms with van der Waals surface area (Å²) in [6, 6.07) is 6.98. The Labute approximate surface area is 131 Å². The van der Waals surface area contributed by atoms with Crippen molar-refractivity contribution in [2.75, 3.05) is 13.7 Å². The van der Waals surface area contributed by atoms with E-state index in [1.54, 1.807) is 0 Å². The number of hydrogen-bond donors (Lipinski definition) is 2. The van der Waals surface area contributed by atoms with E-state index in [2.05, 4.69) is 21.2 Å². The minimum absolute atomic E-state index is 0.129. The zero-order valence-corrected chi connectivity index (χ0v) is 13.3. The van der Waals surface area contributed by atoms with Crippen LogP contribution < -0.4 is 5.32 Å². The van der Waals surface area contributed by atoms with Gasteiger partial charge >= 0.3 is 5.97 Å². The molecule has 0 spiro atoms. The zero-order valence-electron chi connectivity index (χ0n) is 11.7. The number of aliphatic carboxylic acids is 1. The van der Waals surface area contributed by atoms with Gasteiger partial charge in [-0.05, 0) is 30.0 Å². The van der Waals surface area contributed by atoms with Crippen LogP contribution in [0.25, 0.3) is 0 Å². The minimum Gasteiger partial charge on any atom is -0.480 e. The molecule has 1 aliphatic carbocycles. The number of carboxylic acid groups (broad SMARTS) is 1. The summed E-state index contributed by atoms with van der Waals surface area (Å²) in [4.78, 5) is 23.2. The summed E-state index contributed by atoms with van der Waals surface area (Å²) in [7, 11) is 1.51. The second-order valence-electron chi connectivity index (χ2n) is 5.18. The summed E-state index contributed by atoms with van der Waals surface area (Å²) >= 11 is 3.38. The number of benzene rings is 1. The molecule has 1 fully saturated rings. The molecule has 2 rings (SSSR count). The van der Waals surface area contributed by atoms with Crippen LogP contribution in [0, 0.1) is 5.92 Å². The molecule has 21 heavy (non-hydrogen) atoms. The van der Waals surface area contributed by atoms with Gasteiger partial charge in [-0.25, -0.2) is 4.79 Å². The third-order valence-corrected chi connectivity index (χ3v) is 4.18. The quantitative estimate of drug-likeness (QED) is 0.785. The van der Waals surface area contributed by atoms with Gasteiger partial charge in [-0.2, -0.15) is 0 Å². The van der Waals surface area contributed by atoms with Crippen molar-refractivity contribution in [3.8, 4) is 0 Å². The van der Waals surface area contributed by atoms with Crippen molar-refractivity contribution in [1.29, 1.82) is 0 Å². The van der Waals surface area contributed by atoms with E-state index in [0.717, 1.165) is 16.5 Å². The first kappa shape index (κ1) is 16.0. The van der Waals surface area contributed by atoms with E-state index in [1.807, 2.05) is 24.3 Å². The molecule has 1 aromatic carbocycles. The summed E-state index contributed by atoms with van der Waals surface area (Å²) in [6.07, 6.45) is 1.04. The molecule has 5 nitrogen and oxygen atoms in total. The minimum atomic E-state index is -1.03. The summed E-state index contributed by atoms with van der Waals surface area (Å²) in [5, 5.41) is 11.7. The van der Waals surface area contributed by atoms with E-state index >= 15 is 0 Å². The molecule has 0 bridgehead atoms. The molecule has 1 aromatic rings.